The minimum Gasteiger partial charge on any atom is -0.476 e. The van der Waals surface area contributed by atoms with Gasteiger partial charge in [-0.2, -0.15) is 0 Å². The average Bonchev–Trinajstić information content (AvgIpc) is 2.58. The third-order valence-electron chi connectivity index (χ3n) is 2.35. The van der Waals surface area contributed by atoms with Crippen molar-refractivity contribution >= 4 is 24.7 Å². The van der Waals surface area contributed by atoms with Gasteiger partial charge in [0.1, 0.15) is 0 Å². The predicted octanol–water partition coefficient (Wildman–Crippen LogP) is 2.15. The Bertz CT molecular complexity index is 390. The number of aryl methyl sites for hydroxylation is 1. The van der Waals surface area contributed by atoms with E-state index in [1.54, 1.807) is 6.07 Å². The molecule has 0 amide bonds. The van der Waals surface area contributed by atoms with Gasteiger partial charge in [0.2, 0.25) is 0 Å². The van der Waals surface area contributed by atoms with Gasteiger partial charge >= 0.3 is 0 Å². The molecule has 0 spiro atoms. The van der Waals surface area contributed by atoms with Gasteiger partial charge in [-0.05, 0) is 24.1 Å². The van der Waals surface area contributed by atoms with E-state index in [0.717, 1.165) is 17.5 Å². The first-order chi connectivity index (χ1) is 6.76. The zero-order valence-electron chi connectivity index (χ0n) is 7.45. The van der Waals surface area contributed by atoms with Crippen molar-refractivity contribution in [2.24, 2.45) is 0 Å². The second-order valence-electron chi connectivity index (χ2n) is 3.11. The van der Waals surface area contributed by atoms with Gasteiger partial charge in [-0.3, -0.25) is 4.79 Å². The topological polar surface area (TPSA) is 35.5 Å². The van der Waals surface area contributed by atoms with Gasteiger partial charge in [0.15, 0.2) is 17.3 Å². The number of ketones is 1. The molecule has 1 aliphatic carbocycles. The highest BCUT2D eigenvalue weighted by Crippen LogP contribution is 2.36. The summed E-state index contributed by atoms with van der Waals surface area (Å²) in [5, 5.41) is 0. The molecule has 0 N–H and O–H groups in total. The Morgan fingerprint density at radius 3 is 2.36 bits per heavy atom. The van der Waals surface area contributed by atoms with E-state index >= 15 is 0 Å². The van der Waals surface area contributed by atoms with Crippen LogP contribution in [0.4, 0.5) is 0 Å². The van der Waals surface area contributed by atoms with Crippen molar-refractivity contribution in [3.8, 4) is 11.5 Å². The molecule has 14 heavy (non-hydrogen) atoms. The molecule has 5 heteroatoms. The molecule has 0 radical (unpaired) electrons. The monoisotopic (exact) mass is 228 g/mol. The van der Waals surface area contributed by atoms with E-state index in [9.17, 15) is 4.79 Å². The molecule has 0 saturated heterocycles. The van der Waals surface area contributed by atoms with Gasteiger partial charge in [0.05, 0.1) is 18.9 Å². The summed E-state index contributed by atoms with van der Waals surface area (Å²) in [5.41, 5.74) is 1.80. The van der Waals surface area contributed by atoms with Gasteiger partial charge in [-0.25, -0.2) is 0 Å². The molecule has 0 saturated carbocycles. The number of rotatable bonds is 2. The Balaban J connectivity index is 2.54. The molecular weight excluding hydrogens is 218 g/mol. The van der Waals surface area contributed by atoms with Crippen molar-refractivity contribution < 1.29 is 13.8 Å². The van der Waals surface area contributed by atoms with E-state index in [1.165, 1.54) is 0 Å². The molecular formula is C9H10O3P2. The van der Waals surface area contributed by atoms with Crippen LogP contribution in [0.1, 0.15) is 22.3 Å². The zero-order valence-corrected chi connectivity index (χ0v) is 9.76. The number of benzene rings is 1. The lowest BCUT2D eigenvalue weighted by Crippen LogP contribution is -1.92. The lowest BCUT2D eigenvalue weighted by atomic mass is 10.1. The first-order valence-electron chi connectivity index (χ1n) is 4.20. The highest BCUT2D eigenvalue weighted by Gasteiger charge is 2.22. The van der Waals surface area contributed by atoms with Gasteiger partial charge in [-0.1, -0.05) is 0 Å². The molecule has 2 unspecified atom stereocenters. The molecule has 1 aromatic carbocycles. The maximum atomic E-state index is 11.4. The first-order valence-corrected chi connectivity index (χ1v) is 5.14. The van der Waals surface area contributed by atoms with E-state index in [-0.39, 0.29) is 5.78 Å². The van der Waals surface area contributed by atoms with Crippen LogP contribution in [0.25, 0.3) is 0 Å². The zero-order chi connectivity index (χ0) is 10.1. The lowest BCUT2D eigenvalue weighted by molar-refractivity contribution is 0.0994. The minimum absolute atomic E-state index is 0.179. The van der Waals surface area contributed by atoms with E-state index in [2.05, 4.69) is 18.9 Å². The van der Waals surface area contributed by atoms with Crippen molar-refractivity contribution in [2.45, 2.75) is 12.8 Å². The standard InChI is InChI=1S/C9H10O3P2/c10-7-2-1-5-3-8(11-13)9(12-14)4-6(5)7/h3-4H,1-2,13-14H2. The largest absolute Gasteiger partial charge is 0.476 e. The molecule has 0 bridgehead atoms. The summed E-state index contributed by atoms with van der Waals surface area (Å²) in [4.78, 5) is 11.4. The van der Waals surface area contributed by atoms with Crippen LogP contribution >= 0.6 is 18.9 Å². The van der Waals surface area contributed by atoms with Gasteiger partial charge in [-0.15, -0.1) is 0 Å². The van der Waals surface area contributed by atoms with Crippen LogP contribution in [0.2, 0.25) is 0 Å². The normalized spacial score (nSPS) is 14.0. The number of Topliss-reactive ketones (excluding diaryl/α,β-unsaturated/α-hetero) is 1. The Morgan fingerprint density at radius 1 is 1.07 bits per heavy atom. The van der Waals surface area contributed by atoms with E-state index in [1.807, 2.05) is 6.07 Å². The van der Waals surface area contributed by atoms with Crippen LogP contribution in [0, 0.1) is 0 Å². The fourth-order valence-corrected chi connectivity index (χ4v) is 2.00. The fraction of sp³-hybridized carbons (Fsp3) is 0.222. The highest BCUT2D eigenvalue weighted by atomic mass is 31.0. The fourth-order valence-electron chi connectivity index (χ4n) is 1.64. The first kappa shape index (κ1) is 9.89. The number of carbonyl (C=O) groups is 1. The summed E-state index contributed by atoms with van der Waals surface area (Å²) in [6, 6.07) is 3.59. The molecule has 3 nitrogen and oxygen atoms in total. The number of hydrogen-bond acceptors (Lipinski definition) is 3. The smallest absolute Gasteiger partial charge is 0.165 e. The van der Waals surface area contributed by atoms with E-state index < -0.39 is 0 Å². The molecule has 0 heterocycles. The summed E-state index contributed by atoms with van der Waals surface area (Å²) in [6.45, 7) is 0. The minimum atomic E-state index is 0.179. The Labute approximate surface area is 86.7 Å². The summed E-state index contributed by atoms with van der Waals surface area (Å²) < 4.78 is 10.1. The van der Waals surface area contributed by atoms with E-state index in [0.29, 0.717) is 17.9 Å². The Morgan fingerprint density at radius 2 is 1.71 bits per heavy atom. The predicted molar refractivity (Wildman–Crippen MR) is 59.8 cm³/mol. The van der Waals surface area contributed by atoms with Crippen LogP contribution in [-0.4, -0.2) is 5.78 Å². The maximum absolute atomic E-state index is 11.4. The second kappa shape index (κ2) is 3.84. The van der Waals surface area contributed by atoms with Crippen LogP contribution in [-0.2, 0) is 6.42 Å². The molecule has 74 valence electrons. The Kier molecular flexibility index (Phi) is 2.71. The van der Waals surface area contributed by atoms with E-state index in [4.69, 9.17) is 9.05 Å². The molecule has 0 fully saturated rings. The summed E-state index contributed by atoms with van der Waals surface area (Å²) in [7, 11) is 4.32. The van der Waals surface area contributed by atoms with Crippen LogP contribution in [0.3, 0.4) is 0 Å². The summed E-state index contributed by atoms with van der Waals surface area (Å²) >= 11 is 0. The third kappa shape index (κ3) is 1.51. The number of fused-ring (bicyclic) bond motifs is 1. The molecule has 0 aromatic heterocycles. The highest BCUT2D eigenvalue weighted by molar-refractivity contribution is 7.10. The lowest BCUT2D eigenvalue weighted by Gasteiger charge is -2.08. The maximum Gasteiger partial charge on any atom is 0.165 e. The summed E-state index contributed by atoms with van der Waals surface area (Å²) in [5.74, 6) is 1.39. The van der Waals surface area contributed by atoms with Crippen LogP contribution in [0.5, 0.6) is 11.5 Å². The molecule has 2 rings (SSSR count). The second-order valence-corrected chi connectivity index (χ2v) is 3.59. The molecule has 1 aliphatic rings. The number of hydrogen-bond donors (Lipinski definition) is 0. The third-order valence-corrected chi connectivity index (χ3v) is 2.85. The van der Waals surface area contributed by atoms with Crippen molar-refractivity contribution in [1.82, 2.24) is 0 Å². The van der Waals surface area contributed by atoms with Crippen molar-refractivity contribution in [3.05, 3.63) is 23.3 Å². The number of carbonyl (C=O) groups excluding carboxylic acids is 1. The SMILES string of the molecule is O=C1CCc2cc(OP)c(OP)cc21. The summed E-state index contributed by atoms with van der Waals surface area (Å²) in [6.07, 6.45) is 1.39. The van der Waals surface area contributed by atoms with Crippen molar-refractivity contribution in [2.75, 3.05) is 0 Å². The average molecular weight is 228 g/mol. The van der Waals surface area contributed by atoms with Crippen molar-refractivity contribution in [1.29, 1.82) is 0 Å². The Hall–Kier alpha value is -0.650. The van der Waals surface area contributed by atoms with Gasteiger partial charge < -0.3 is 9.05 Å². The van der Waals surface area contributed by atoms with Crippen LogP contribution in [0.15, 0.2) is 12.1 Å². The van der Waals surface area contributed by atoms with Crippen LogP contribution < -0.4 is 9.05 Å². The van der Waals surface area contributed by atoms with Gasteiger partial charge in [0, 0.05) is 12.0 Å². The van der Waals surface area contributed by atoms with Gasteiger partial charge in [0.25, 0.3) is 0 Å². The molecule has 2 atom stereocenters. The van der Waals surface area contributed by atoms with Crippen molar-refractivity contribution in [3.63, 3.8) is 0 Å². The molecule has 1 aromatic rings. The quantitative estimate of drug-likeness (QED) is 0.727. The molecule has 0 aliphatic heterocycles.